The molecule has 2 amide bonds. The van der Waals surface area contributed by atoms with E-state index < -0.39 is 6.04 Å². The van der Waals surface area contributed by atoms with E-state index in [1.807, 2.05) is 66.7 Å². The number of fused-ring (bicyclic) bond motifs is 1. The summed E-state index contributed by atoms with van der Waals surface area (Å²) in [5.74, 6) is -0.670. The molecule has 0 unspecified atom stereocenters. The normalized spacial score (nSPS) is 15.1. The number of anilines is 1. The molecule has 1 N–H and O–H groups in total. The fraction of sp³-hybridized carbons (Fsp3) is 0.0690. The number of rotatable bonds is 4. The number of hydrogen-bond donors (Lipinski definition) is 1. The number of carbonyl (C=O) groups excluding carboxylic acids is 3. The standard InChI is InChI=1S/C29H21BrN2O3/c30-23-15-16-25-24(17-23)27(19-7-3-1-4-8-19)32(18-26(33)31-25)29(35)22-13-11-21(12-14-22)28(34)20-9-5-2-6-10-20/h1-17,27H,18H2,(H,31,33)/t27-/m1/s1. The first kappa shape index (κ1) is 22.7. The summed E-state index contributed by atoms with van der Waals surface area (Å²) in [5.41, 5.74) is 3.87. The molecule has 1 aliphatic heterocycles. The monoisotopic (exact) mass is 524 g/mol. The molecular formula is C29H21BrN2O3. The fourth-order valence-corrected chi connectivity index (χ4v) is 4.73. The molecule has 6 heteroatoms. The Kier molecular flexibility index (Phi) is 6.29. The van der Waals surface area contributed by atoms with Crippen molar-refractivity contribution in [1.82, 2.24) is 4.90 Å². The van der Waals surface area contributed by atoms with Crippen LogP contribution in [0.25, 0.3) is 0 Å². The molecule has 0 radical (unpaired) electrons. The number of benzene rings is 4. The topological polar surface area (TPSA) is 66.5 Å². The van der Waals surface area contributed by atoms with Gasteiger partial charge in [0.1, 0.15) is 6.54 Å². The first-order chi connectivity index (χ1) is 17.0. The number of halogens is 1. The van der Waals surface area contributed by atoms with Crippen LogP contribution in [0, 0.1) is 0 Å². The Morgan fingerprint density at radius 3 is 2.06 bits per heavy atom. The lowest BCUT2D eigenvalue weighted by molar-refractivity contribution is -0.117. The number of nitrogens with one attached hydrogen (secondary N) is 1. The fourth-order valence-electron chi connectivity index (χ4n) is 4.35. The zero-order chi connectivity index (χ0) is 24.4. The highest BCUT2D eigenvalue weighted by molar-refractivity contribution is 9.10. The van der Waals surface area contributed by atoms with Gasteiger partial charge in [-0.25, -0.2) is 0 Å². The zero-order valence-electron chi connectivity index (χ0n) is 18.6. The summed E-state index contributed by atoms with van der Waals surface area (Å²) in [7, 11) is 0. The average molecular weight is 525 g/mol. The van der Waals surface area contributed by atoms with Crippen LogP contribution in [0.5, 0.6) is 0 Å². The first-order valence-corrected chi connectivity index (χ1v) is 12.0. The van der Waals surface area contributed by atoms with Gasteiger partial charge in [-0.2, -0.15) is 0 Å². The molecule has 1 atom stereocenters. The Hall–Kier alpha value is -4.03. The molecule has 0 saturated heterocycles. The van der Waals surface area contributed by atoms with Crippen LogP contribution in [0.4, 0.5) is 5.69 Å². The van der Waals surface area contributed by atoms with E-state index in [-0.39, 0.29) is 24.1 Å². The predicted octanol–water partition coefficient (Wildman–Crippen LogP) is 5.86. The molecule has 5 rings (SSSR count). The van der Waals surface area contributed by atoms with Crippen molar-refractivity contribution in [2.24, 2.45) is 0 Å². The van der Waals surface area contributed by atoms with E-state index in [1.54, 1.807) is 41.3 Å². The smallest absolute Gasteiger partial charge is 0.255 e. The number of amides is 2. The SMILES string of the molecule is O=C1CN(C(=O)c2ccc(C(=O)c3ccccc3)cc2)[C@H](c2ccccc2)c2cc(Br)ccc2N1. The van der Waals surface area contributed by atoms with E-state index in [1.165, 1.54) is 0 Å². The zero-order valence-corrected chi connectivity index (χ0v) is 20.2. The van der Waals surface area contributed by atoms with Gasteiger partial charge in [-0.05, 0) is 35.9 Å². The highest BCUT2D eigenvalue weighted by Gasteiger charge is 2.34. The first-order valence-electron chi connectivity index (χ1n) is 11.2. The second-order valence-corrected chi connectivity index (χ2v) is 9.21. The third kappa shape index (κ3) is 4.66. The number of ketones is 1. The van der Waals surface area contributed by atoms with Crippen LogP contribution in [0.3, 0.4) is 0 Å². The van der Waals surface area contributed by atoms with Crippen molar-refractivity contribution in [1.29, 1.82) is 0 Å². The molecule has 4 aromatic rings. The molecule has 0 aliphatic carbocycles. The quantitative estimate of drug-likeness (QED) is 0.340. The molecule has 172 valence electrons. The Balaban J connectivity index is 1.53. The lowest BCUT2D eigenvalue weighted by atomic mass is 9.95. The van der Waals surface area contributed by atoms with Gasteiger partial charge in [0.05, 0.1) is 6.04 Å². The second kappa shape index (κ2) is 9.68. The minimum Gasteiger partial charge on any atom is -0.324 e. The van der Waals surface area contributed by atoms with Gasteiger partial charge in [-0.1, -0.05) is 88.7 Å². The van der Waals surface area contributed by atoms with E-state index in [0.717, 1.165) is 15.6 Å². The van der Waals surface area contributed by atoms with Crippen molar-refractivity contribution >= 4 is 39.2 Å². The van der Waals surface area contributed by atoms with Crippen LogP contribution in [-0.2, 0) is 4.79 Å². The maximum atomic E-state index is 13.8. The summed E-state index contributed by atoms with van der Waals surface area (Å²) in [6, 6.07) is 30.4. The second-order valence-electron chi connectivity index (χ2n) is 8.30. The van der Waals surface area contributed by atoms with Gasteiger partial charge in [-0.3, -0.25) is 14.4 Å². The summed E-state index contributed by atoms with van der Waals surface area (Å²) in [5, 5.41) is 2.93. The summed E-state index contributed by atoms with van der Waals surface area (Å²) in [6.07, 6.45) is 0. The third-order valence-corrected chi connectivity index (χ3v) is 6.51. The summed E-state index contributed by atoms with van der Waals surface area (Å²) in [6.45, 7) is -0.102. The van der Waals surface area contributed by atoms with Crippen molar-refractivity contribution in [3.8, 4) is 0 Å². The molecule has 1 heterocycles. The van der Waals surface area contributed by atoms with E-state index in [9.17, 15) is 14.4 Å². The highest BCUT2D eigenvalue weighted by Crippen LogP contribution is 2.38. The Morgan fingerprint density at radius 2 is 1.37 bits per heavy atom. The Morgan fingerprint density at radius 1 is 0.771 bits per heavy atom. The predicted molar refractivity (Wildman–Crippen MR) is 138 cm³/mol. The number of hydrogen-bond acceptors (Lipinski definition) is 3. The van der Waals surface area contributed by atoms with Crippen molar-refractivity contribution < 1.29 is 14.4 Å². The maximum absolute atomic E-state index is 13.8. The average Bonchev–Trinajstić information content (AvgIpc) is 3.04. The lowest BCUT2D eigenvalue weighted by Gasteiger charge is -2.30. The maximum Gasteiger partial charge on any atom is 0.255 e. The van der Waals surface area contributed by atoms with E-state index in [4.69, 9.17) is 0 Å². The molecule has 0 aromatic heterocycles. The van der Waals surface area contributed by atoms with Gasteiger partial charge in [0.15, 0.2) is 5.78 Å². The van der Waals surface area contributed by atoms with Crippen LogP contribution in [0.15, 0.2) is 108 Å². The molecule has 0 saturated carbocycles. The van der Waals surface area contributed by atoms with Gasteiger partial charge in [0.25, 0.3) is 5.91 Å². The molecule has 0 spiro atoms. The number of carbonyl (C=O) groups is 3. The van der Waals surface area contributed by atoms with Gasteiger partial charge in [-0.15, -0.1) is 0 Å². The molecule has 35 heavy (non-hydrogen) atoms. The van der Waals surface area contributed by atoms with Crippen molar-refractivity contribution in [3.05, 3.63) is 135 Å². The van der Waals surface area contributed by atoms with E-state index in [2.05, 4.69) is 21.2 Å². The van der Waals surface area contributed by atoms with Crippen molar-refractivity contribution in [3.63, 3.8) is 0 Å². The molecule has 4 aromatic carbocycles. The van der Waals surface area contributed by atoms with Gasteiger partial charge >= 0.3 is 0 Å². The van der Waals surface area contributed by atoms with Crippen LogP contribution in [0.2, 0.25) is 0 Å². The third-order valence-electron chi connectivity index (χ3n) is 6.01. The van der Waals surface area contributed by atoms with Gasteiger partial charge in [0.2, 0.25) is 5.91 Å². The number of nitrogens with zero attached hydrogens (tertiary/aromatic N) is 1. The van der Waals surface area contributed by atoms with Crippen LogP contribution in [0.1, 0.15) is 43.4 Å². The van der Waals surface area contributed by atoms with Crippen molar-refractivity contribution in [2.75, 3.05) is 11.9 Å². The summed E-state index contributed by atoms with van der Waals surface area (Å²) < 4.78 is 0.851. The van der Waals surface area contributed by atoms with Gasteiger partial charge in [0, 0.05) is 32.4 Å². The van der Waals surface area contributed by atoms with Crippen LogP contribution in [-0.4, -0.2) is 29.0 Å². The van der Waals surface area contributed by atoms with Crippen LogP contribution < -0.4 is 5.32 Å². The summed E-state index contributed by atoms with van der Waals surface area (Å²) >= 11 is 3.53. The summed E-state index contributed by atoms with van der Waals surface area (Å²) in [4.78, 5) is 40.9. The Bertz CT molecular complexity index is 1400. The van der Waals surface area contributed by atoms with Gasteiger partial charge < -0.3 is 10.2 Å². The van der Waals surface area contributed by atoms with E-state index >= 15 is 0 Å². The molecule has 1 aliphatic rings. The molecule has 0 fully saturated rings. The van der Waals surface area contributed by atoms with Crippen LogP contribution >= 0.6 is 15.9 Å². The lowest BCUT2D eigenvalue weighted by Crippen LogP contribution is -2.39. The largest absolute Gasteiger partial charge is 0.324 e. The molecule has 5 nitrogen and oxygen atoms in total. The molecule has 0 bridgehead atoms. The highest BCUT2D eigenvalue weighted by atomic mass is 79.9. The minimum atomic E-state index is -0.472. The minimum absolute atomic E-state index is 0.102. The Labute approximate surface area is 211 Å². The van der Waals surface area contributed by atoms with E-state index in [0.29, 0.717) is 22.4 Å². The molecular weight excluding hydrogens is 504 g/mol. The van der Waals surface area contributed by atoms with Crippen molar-refractivity contribution in [2.45, 2.75) is 6.04 Å².